The van der Waals surface area contributed by atoms with E-state index in [1.165, 1.54) is 20.8 Å². The highest BCUT2D eigenvalue weighted by atomic mass is 16.5. The van der Waals surface area contributed by atoms with Crippen molar-refractivity contribution in [3.63, 3.8) is 0 Å². The summed E-state index contributed by atoms with van der Waals surface area (Å²) in [5.74, 6) is -7.64. The summed E-state index contributed by atoms with van der Waals surface area (Å²) in [5.41, 5.74) is 16.8. The number of aryl methyl sites for hydroxylation is 1. The Morgan fingerprint density at radius 3 is 1.78 bits per heavy atom. The molecule has 0 saturated carbocycles. The molecule has 1 aliphatic rings. The van der Waals surface area contributed by atoms with Crippen LogP contribution in [0.3, 0.4) is 0 Å². The van der Waals surface area contributed by atoms with Gasteiger partial charge in [0.05, 0.1) is 18.6 Å². The molecule has 0 aliphatic carbocycles. The summed E-state index contributed by atoms with van der Waals surface area (Å²) < 4.78 is 5.60. The molecule has 9 atom stereocenters. The van der Waals surface area contributed by atoms with Crippen molar-refractivity contribution >= 4 is 53.3 Å². The molecule has 0 bridgehead atoms. The SMILES string of the molecule is CC(C)[C@H]1NC(=O)[C@@H](NC(=O)CC(O)CCCCCCCCCCCCN=C(N)N)[C@@H](C)OC(=O)[C@@H](C)NC(=O)[C@@H](CCC(N)=O)NC(=O)[C@@H]([C@@H](C)O)NC(=O)[C@H](CCc2ccccc2)NC1=O. The van der Waals surface area contributed by atoms with E-state index >= 15 is 0 Å². The first kappa shape index (κ1) is 58.3. The Morgan fingerprint density at radius 2 is 1.22 bits per heavy atom. The van der Waals surface area contributed by atoms with Crippen molar-refractivity contribution < 1.29 is 53.3 Å². The van der Waals surface area contributed by atoms with E-state index < -0.39 is 108 Å². The monoisotopic (exact) mass is 959 g/mol. The van der Waals surface area contributed by atoms with Crippen LogP contribution in [0.4, 0.5) is 0 Å². The summed E-state index contributed by atoms with van der Waals surface area (Å²) >= 11 is 0. The van der Waals surface area contributed by atoms with Crippen LogP contribution in [-0.4, -0.2) is 125 Å². The fourth-order valence-electron chi connectivity index (χ4n) is 7.52. The molecule has 0 radical (unpaired) electrons. The van der Waals surface area contributed by atoms with Crippen molar-refractivity contribution in [2.75, 3.05) is 6.54 Å². The number of carbonyl (C=O) groups is 8. The van der Waals surface area contributed by atoms with E-state index in [1.54, 1.807) is 26.0 Å². The molecular weight excluding hydrogens is 881 g/mol. The first-order chi connectivity index (χ1) is 32.2. The number of primary amides is 1. The lowest BCUT2D eigenvalue weighted by Gasteiger charge is -2.30. The molecular formula is C47H78N10O11. The number of aliphatic hydroxyl groups is 2. The molecule has 0 spiro atoms. The Morgan fingerprint density at radius 1 is 0.691 bits per heavy atom. The van der Waals surface area contributed by atoms with Gasteiger partial charge in [-0.15, -0.1) is 0 Å². The molecule has 1 unspecified atom stereocenters. The van der Waals surface area contributed by atoms with E-state index in [1.807, 2.05) is 18.2 Å². The number of carbonyl (C=O) groups excluding carboxylic acids is 8. The number of nitrogens with zero attached hydrogens (tertiary/aromatic N) is 1. The summed E-state index contributed by atoms with van der Waals surface area (Å²) in [4.78, 5) is 112. The molecule has 0 aromatic heterocycles. The maximum absolute atomic E-state index is 14.2. The number of esters is 1. The second-order valence-electron chi connectivity index (χ2n) is 18.0. The van der Waals surface area contributed by atoms with Crippen molar-refractivity contribution in [3.05, 3.63) is 35.9 Å². The first-order valence-corrected chi connectivity index (χ1v) is 24.0. The smallest absolute Gasteiger partial charge is 0.328 e. The van der Waals surface area contributed by atoms with Crippen molar-refractivity contribution in [2.24, 2.45) is 28.1 Å². The minimum absolute atomic E-state index is 0.00837. The van der Waals surface area contributed by atoms with Gasteiger partial charge in [-0.3, -0.25) is 38.6 Å². The summed E-state index contributed by atoms with van der Waals surface area (Å²) in [6, 6.07) is 0.218. The van der Waals surface area contributed by atoms with Gasteiger partial charge in [0, 0.05) is 13.0 Å². The van der Waals surface area contributed by atoms with Gasteiger partial charge in [0.1, 0.15) is 42.4 Å². The van der Waals surface area contributed by atoms with Crippen LogP contribution >= 0.6 is 0 Å². The molecule has 14 N–H and O–H groups in total. The third-order valence-electron chi connectivity index (χ3n) is 11.6. The Bertz CT molecular complexity index is 1810. The molecule has 1 fully saturated rings. The third-order valence-corrected chi connectivity index (χ3v) is 11.6. The predicted octanol–water partition coefficient (Wildman–Crippen LogP) is 0.111. The van der Waals surface area contributed by atoms with Gasteiger partial charge < -0.3 is 64.1 Å². The zero-order valence-corrected chi connectivity index (χ0v) is 40.4. The van der Waals surface area contributed by atoms with Crippen LogP contribution in [-0.2, 0) is 49.5 Å². The van der Waals surface area contributed by atoms with Crippen molar-refractivity contribution in [1.82, 2.24) is 31.9 Å². The number of hydrogen-bond donors (Lipinski definition) is 11. The average molecular weight is 959 g/mol. The Hall–Kier alpha value is -5.83. The number of guanidine groups is 1. The summed E-state index contributed by atoms with van der Waals surface area (Å²) in [7, 11) is 0. The zero-order valence-electron chi connectivity index (χ0n) is 40.4. The lowest BCUT2D eigenvalue weighted by atomic mass is 9.99. The van der Waals surface area contributed by atoms with Gasteiger partial charge in [0.15, 0.2) is 5.96 Å². The molecule has 1 aromatic carbocycles. The third kappa shape index (κ3) is 22.8. The summed E-state index contributed by atoms with van der Waals surface area (Å²) in [6.07, 6.45) is 5.61. The number of aliphatic imine (C=N–C) groups is 1. The Kier molecular flexibility index (Phi) is 26.8. The standard InChI is InChI=1S/C47H78N10O11/c1-28(2)38-43(64)53-34(23-22-32-19-15-14-16-20-32)42(63)57-39(30(4)58)44(65)54-35(24-25-36(48)60)41(62)52-29(3)46(67)68-31(5)40(45(66)56-38)55-37(61)27-33(59)21-17-12-10-8-6-7-9-11-13-18-26-51-47(49)50/h14-16,19-20,28-31,33-35,38-40,58-59H,6-13,17-18,21-27H2,1-5H3,(H2,48,60)(H,52,62)(H,53,64)(H,54,65)(H,55,61)(H,56,66)(H,57,63)(H4,49,50,51)/t29-,30-,31-,33?,34+,35-,38-,39-,40+/m1/s1. The van der Waals surface area contributed by atoms with Crippen molar-refractivity contribution in [2.45, 2.75) is 192 Å². The zero-order chi connectivity index (χ0) is 50.8. The van der Waals surface area contributed by atoms with E-state index in [9.17, 15) is 48.6 Å². The minimum atomic E-state index is -1.66. The predicted molar refractivity (Wildman–Crippen MR) is 255 cm³/mol. The maximum Gasteiger partial charge on any atom is 0.328 e. The number of ether oxygens (including phenoxy) is 1. The van der Waals surface area contributed by atoms with E-state index in [4.69, 9.17) is 21.9 Å². The van der Waals surface area contributed by atoms with Gasteiger partial charge in [-0.05, 0) is 64.4 Å². The molecule has 1 saturated heterocycles. The molecule has 21 heteroatoms. The van der Waals surface area contributed by atoms with Crippen LogP contribution in [0.25, 0.3) is 0 Å². The number of cyclic esters (lactones) is 1. The number of nitrogens with two attached hydrogens (primary N) is 3. The Labute approximate surface area is 400 Å². The fraction of sp³-hybridized carbons (Fsp3) is 0.681. The van der Waals surface area contributed by atoms with Crippen LogP contribution in [0.5, 0.6) is 0 Å². The lowest BCUT2D eigenvalue weighted by Crippen LogP contribution is -2.62. The molecule has 1 aromatic rings. The quantitative estimate of drug-likeness (QED) is 0.0284. The minimum Gasteiger partial charge on any atom is -0.458 e. The topological polar surface area (TPSA) is 349 Å². The number of unbranched alkanes of at least 4 members (excludes halogenated alkanes) is 9. The van der Waals surface area contributed by atoms with E-state index in [-0.39, 0.29) is 38.1 Å². The highest BCUT2D eigenvalue weighted by Gasteiger charge is 2.38. The molecule has 21 nitrogen and oxygen atoms in total. The molecule has 1 heterocycles. The van der Waals surface area contributed by atoms with Crippen LogP contribution in [0, 0.1) is 5.92 Å². The van der Waals surface area contributed by atoms with Gasteiger partial charge in [0.2, 0.25) is 41.4 Å². The fourth-order valence-corrected chi connectivity index (χ4v) is 7.52. The lowest BCUT2D eigenvalue weighted by molar-refractivity contribution is -0.155. The molecule has 2 rings (SSSR count). The summed E-state index contributed by atoms with van der Waals surface area (Å²) in [6.45, 7) is 7.74. The number of rotatable bonds is 24. The molecule has 68 heavy (non-hydrogen) atoms. The second kappa shape index (κ2) is 31.3. The molecule has 7 amide bonds. The van der Waals surface area contributed by atoms with E-state index in [0.717, 1.165) is 63.4 Å². The van der Waals surface area contributed by atoms with Gasteiger partial charge >= 0.3 is 5.97 Å². The molecule has 1 aliphatic heterocycles. The number of aliphatic hydroxyl groups excluding tert-OH is 2. The van der Waals surface area contributed by atoms with Crippen molar-refractivity contribution in [3.8, 4) is 0 Å². The maximum atomic E-state index is 14.2. The summed E-state index contributed by atoms with van der Waals surface area (Å²) in [5, 5.41) is 36.6. The number of nitrogens with one attached hydrogen (secondary N) is 6. The van der Waals surface area contributed by atoms with Crippen LogP contribution in [0.1, 0.15) is 136 Å². The highest BCUT2D eigenvalue weighted by molar-refractivity contribution is 5.97. The number of hydrogen-bond acceptors (Lipinski definition) is 12. The van der Waals surface area contributed by atoms with E-state index in [2.05, 4.69) is 36.9 Å². The van der Waals surface area contributed by atoms with Crippen molar-refractivity contribution in [1.29, 1.82) is 0 Å². The average Bonchev–Trinajstić information content (AvgIpc) is 3.27. The number of benzene rings is 1. The van der Waals surface area contributed by atoms with Gasteiger partial charge in [0.25, 0.3) is 0 Å². The van der Waals surface area contributed by atoms with Gasteiger partial charge in [-0.1, -0.05) is 102 Å². The normalized spacial score (nSPS) is 23.2. The van der Waals surface area contributed by atoms with Crippen LogP contribution in [0.15, 0.2) is 35.3 Å². The highest BCUT2D eigenvalue weighted by Crippen LogP contribution is 2.15. The largest absolute Gasteiger partial charge is 0.458 e. The van der Waals surface area contributed by atoms with Gasteiger partial charge in [-0.25, -0.2) is 4.79 Å². The van der Waals surface area contributed by atoms with E-state index in [0.29, 0.717) is 19.4 Å². The van der Waals surface area contributed by atoms with Crippen LogP contribution < -0.4 is 49.1 Å². The first-order valence-electron chi connectivity index (χ1n) is 24.0. The second-order valence-corrected chi connectivity index (χ2v) is 18.0. The van der Waals surface area contributed by atoms with Crippen LogP contribution in [0.2, 0.25) is 0 Å². The Balaban J connectivity index is 2.31. The number of amides is 7. The van der Waals surface area contributed by atoms with Gasteiger partial charge in [-0.2, -0.15) is 0 Å². The molecule has 382 valence electrons.